The molecule has 0 bridgehead atoms. The van der Waals surface area contributed by atoms with E-state index in [-0.39, 0.29) is 16.5 Å². The molecular formula is C30H27N3O5S2. The highest BCUT2D eigenvalue weighted by Crippen LogP contribution is 2.45. The molecule has 1 amide bonds. The van der Waals surface area contributed by atoms with Crippen molar-refractivity contribution < 1.29 is 24.2 Å². The van der Waals surface area contributed by atoms with Crippen LogP contribution in [0.1, 0.15) is 35.2 Å². The molecule has 1 aliphatic rings. The molecule has 1 saturated heterocycles. The lowest BCUT2D eigenvalue weighted by Gasteiger charge is -2.23. The largest absolute Gasteiger partial charge is 0.507 e. The monoisotopic (exact) mass is 573 g/mol. The molecule has 4 aromatic rings. The number of methoxy groups -OCH3 is 1. The number of anilines is 1. The van der Waals surface area contributed by atoms with Crippen LogP contribution in [0.5, 0.6) is 11.5 Å². The van der Waals surface area contributed by atoms with Crippen LogP contribution >= 0.6 is 23.1 Å². The second kappa shape index (κ2) is 11.9. The summed E-state index contributed by atoms with van der Waals surface area (Å²) in [6.07, 6.45) is 0. The van der Waals surface area contributed by atoms with Crippen molar-refractivity contribution in [2.24, 2.45) is 0 Å². The van der Waals surface area contributed by atoms with Gasteiger partial charge in [0.25, 0.3) is 5.78 Å². The number of aryl methyl sites for hydroxylation is 1. The number of amides is 1. The highest BCUT2D eigenvalue weighted by Gasteiger charge is 2.48. The third-order valence-corrected chi connectivity index (χ3v) is 8.51. The number of benzene rings is 3. The zero-order valence-corrected chi connectivity index (χ0v) is 23.8. The van der Waals surface area contributed by atoms with E-state index >= 15 is 0 Å². The molecule has 1 aliphatic heterocycles. The molecule has 40 heavy (non-hydrogen) atoms. The molecule has 0 radical (unpaired) electrons. The maximum absolute atomic E-state index is 13.5. The van der Waals surface area contributed by atoms with Crippen molar-refractivity contribution >= 4 is 45.7 Å². The van der Waals surface area contributed by atoms with Gasteiger partial charge in [-0.15, -0.1) is 10.2 Å². The summed E-state index contributed by atoms with van der Waals surface area (Å²) in [5, 5.41) is 20.2. The van der Waals surface area contributed by atoms with Crippen molar-refractivity contribution in [3.63, 3.8) is 0 Å². The molecule has 204 valence electrons. The third-order valence-electron chi connectivity index (χ3n) is 6.38. The number of thioether (sulfide) groups is 1. The van der Waals surface area contributed by atoms with E-state index in [2.05, 4.69) is 10.2 Å². The van der Waals surface area contributed by atoms with Gasteiger partial charge in [-0.25, -0.2) is 0 Å². The van der Waals surface area contributed by atoms with Crippen LogP contribution in [0.15, 0.2) is 82.7 Å². The Kier molecular flexibility index (Phi) is 8.18. The summed E-state index contributed by atoms with van der Waals surface area (Å²) in [5.74, 6) is -0.202. The zero-order chi connectivity index (χ0) is 28.2. The number of aliphatic hydroxyl groups excluding tert-OH is 1. The Labute approximate surface area is 240 Å². The number of carbonyl (C=O) groups excluding carboxylic acids is 2. The van der Waals surface area contributed by atoms with E-state index in [1.54, 1.807) is 30.3 Å². The summed E-state index contributed by atoms with van der Waals surface area (Å²) in [6, 6.07) is 21.3. The number of nitrogens with zero attached hydrogens (tertiary/aromatic N) is 3. The molecule has 1 aromatic heterocycles. The number of aromatic nitrogens is 2. The van der Waals surface area contributed by atoms with Crippen LogP contribution in [-0.4, -0.2) is 40.7 Å². The number of ketones is 1. The van der Waals surface area contributed by atoms with E-state index in [1.807, 2.05) is 56.3 Å². The molecule has 10 heteroatoms. The molecule has 1 fully saturated rings. The van der Waals surface area contributed by atoms with Gasteiger partial charge >= 0.3 is 5.91 Å². The number of Topliss-reactive ketones (excluding diaryl/α,β-unsaturated/α-hetero) is 1. The van der Waals surface area contributed by atoms with Crippen molar-refractivity contribution in [1.29, 1.82) is 0 Å². The van der Waals surface area contributed by atoms with Crippen molar-refractivity contribution in [3.8, 4) is 11.5 Å². The Morgan fingerprint density at radius 3 is 2.48 bits per heavy atom. The van der Waals surface area contributed by atoms with Crippen LogP contribution in [-0.2, 0) is 15.3 Å². The van der Waals surface area contributed by atoms with Gasteiger partial charge in [-0.3, -0.25) is 14.5 Å². The SMILES string of the molecule is CCOc1ccc(C2/C(=C(/O)c3ccc(C)cc3)C(=O)C(=O)N2c2nnc(SCc3ccccc3)s2)cc1OC. The topological polar surface area (TPSA) is 102 Å². The average molecular weight is 574 g/mol. The molecule has 0 aliphatic carbocycles. The highest BCUT2D eigenvalue weighted by atomic mass is 32.2. The van der Waals surface area contributed by atoms with E-state index in [1.165, 1.54) is 35.1 Å². The Morgan fingerprint density at radius 2 is 1.77 bits per heavy atom. The Morgan fingerprint density at radius 1 is 1.02 bits per heavy atom. The summed E-state index contributed by atoms with van der Waals surface area (Å²) in [6.45, 7) is 4.24. The van der Waals surface area contributed by atoms with Gasteiger partial charge in [-0.2, -0.15) is 0 Å². The maximum atomic E-state index is 13.5. The summed E-state index contributed by atoms with van der Waals surface area (Å²) in [5.41, 5.74) is 3.09. The van der Waals surface area contributed by atoms with Gasteiger partial charge in [0.2, 0.25) is 5.13 Å². The first-order valence-corrected chi connectivity index (χ1v) is 14.4. The predicted octanol–water partition coefficient (Wildman–Crippen LogP) is 6.17. The van der Waals surface area contributed by atoms with Gasteiger partial charge < -0.3 is 14.6 Å². The molecule has 1 unspecified atom stereocenters. The molecular weight excluding hydrogens is 546 g/mol. The number of hydrogen-bond acceptors (Lipinski definition) is 9. The number of ether oxygens (including phenoxy) is 2. The summed E-state index contributed by atoms with van der Waals surface area (Å²) in [7, 11) is 1.52. The van der Waals surface area contributed by atoms with Gasteiger partial charge in [0, 0.05) is 11.3 Å². The molecule has 0 saturated carbocycles. The van der Waals surface area contributed by atoms with Crippen LogP contribution in [0.25, 0.3) is 5.76 Å². The van der Waals surface area contributed by atoms with E-state index in [9.17, 15) is 14.7 Å². The first-order chi connectivity index (χ1) is 19.4. The normalized spacial score (nSPS) is 16.4. The summed E-state index contributed by atoms with van der Waals surface area (Å²) in [4.78, 5) is 28.3. The number of rotatable bonds is 9. The van der Waals surface area contributed by atoms with Crippen LogP contribution in [0, 0.1) is 6.92 Å². The second-order valence-electron chi connectivity index (χ2n) is 9.00. The lowest BCUT2D eigenvalue weighted by Crippen LogP contribution is -2.29. The fourth-order valence-electron chi connectivity index (χ4n) is 4.42. The van der Waals surface area contributed by atoms with Gasteiger partial charge in [0.05, 0.1) is 25.3 Å². The van der Waals surface area contributed by atoms with E-state index < -0.39 is 17.7 Å². The minimum absolute atomic E-state index is 0.0336. The number of carbonyl (C=O) groups is 2. The number of aliphatic hydroxyl groups is 1. The van der Waals surface area contributed by atoms with E-state index in [4.69, 9.17) is 9.47 Å². The maximum Gasteiger partial charge on any atom is 0.301 e. The third kappa shape index (κ3) is 5.45. The van der Waals surface area contributed by atoms with Crippen LogP contribution in [0.3, 0.4) is 0 Å². The van der Waals surface area contributed by atoms with Crippen molar-refractivity contribution in [3.05, 3.63) is 101 Å². The smallest absolute Gasteiger partial charge is 0.301 e. The average Bonchev–Trinajstić information content (AvgIpc) is 3.54. The first kappa shape index (κ1) is 27.4. The number of hydrogen-bond donors (Lipinski definition) is 1. The molecule has 0 spiro atoms. The fraction of sp³-hybridized carbons (Fsp3) is 0.200. The fourth-order valence-corrected chi connectivity index (χ4v) is 6.24. The lowest BCUT2D eigenvalue weighted by atomic mass is 9.95. The zero-order valence-electron chi connectivity index (χ0n) is 22.2. The molecule has 3 aromatic carbocycles. The van der Waals surface area contributed by atoms with Crippen LogP contribution < -0.4 is 14.4 Å². The lowest BCUT2D eigenvalue weighted by molar-refractivity contribution is -0.132. The predicted molar refractivity (Wildman–Crippen MR) is 156 cm³/mol. The Bertz CT molecular complexity index is 1570. The molecule has 2 heterocycles. The van der Waals surface area contributed by atoms with E-state index in [0.29, 0.717) is 39.3 Å². The van der Waals surface area contributed by atoms with Crippen LogP contribution in [0.2, 0.25) is 0 Å². The van der Waals surface area contributed by atoms with Crippen LogP contribution in [0.4, 0.5) is 5.13 Å². The van der Waals surface area contributed by atoms with Gasteiger partial charge in [0.1, 0.15) is 5.76 Å². The second-order valence-corrected chi connectivity index (χ2v) is 11.2. The van der Waals surface area contributed by atoms with Crippen molar-refractivity contribution in [2.75, 3.05) is 18.6 Å². The Balaban J connectivity index is 1.58. The van der Waals surface area contributed by atoms with Crippen molar-refractivity contribution in [2.45, 2.75) is 30.0 Å². The summed E-state index contributed by atoms with van der Waals surface area (Å²) >= 11 is 2.71. The first-order valence-electron chi connectivity index (χ1n) is 12.6. The highest BCUT2D eigenvalue weighted by molar-refractivity contribution is 8.00. The Hall–Kier alpha value is -4.15. The summed E-state index contributed by atoms with van der Waals surface area (Å²) < 4.78 is 11.9. The molecule has 5 rings (SSSR count). The minimum atomic E-state index is -0.953. The molecule has 1 N–H and O–H groups in total. The van der Waals surface area contributed by atoms with Crippen molar-refractivity contribution in [1.82, 2.24) is 10.2 Å². The van der Waals surface area contributed by atoms with Gasteiger partial charge in [-0.05, 0) is 37.1 Å². The van der Waals surface area contributed by atoms with E-state index in [0.717, 1.165) is 11.1 Å². The molecule has 8 nitrogen and oxygen atoms in total. The minimum Gasteiger partial charge on any atom is -0.507 e. The molecule has 1 atom stereocenters. The van der Waals surface area contributed by atoms with Gasteiger partial charge in [-0.1, -0.05) is 89.3 Å². The van der Waals surface area contributed by atoms with Gasteiger partial charge in [0.15, 0.2) is 15.8 Å². The standard InChI is InChI=1S/C30H27N3O5S2/c1-4-38-22-15-14-21(16-23(22)37-3)25-24(26(34)20-12-10-18(2)11-13-20)27(35)28(36)33(25)29-31-32-30(40-29)39-17-19-8-6-5-7-9-19/h5-16,25,34H,4,17H2,1-3H3/b26-24-. The quantitative estimate of drug-likeness (QED) is 0.0834.